The van der Waals surface area contributed by atoms with Crippen LogP contribution in [0, 0.1) is 0 Å². The average molecular weight is 334 g/mol. The molecule has 0 radical (unpaired) electrons. The Morgan fingerprint density at radius 3 is 2.74 bits per heavy atom. The van der Waals surface area contributed by atoms with Crippen molar-refractivity contribution < 1.29 is 9.90 Å². The zero-order chi connectivity index (χ0) is 16.4. The normalized spacial score (nSPS) is 16.5. The molecule has 0 spiro atoms. The number of aromatic amines is 1. The summed E-state index contributed by atoms with van der Waals surface area (Å²) >= 11 is 5.85. The molecule has 2 unspecified atom stereocenters. The summed E-state index contributed by atoms with van der Waals surface area (Å²) in [6.07, 6.45) is 3.23. The topological polar surface area (TPSA) is 78.0 Å². The zero-order valence-electron chi connectivity index (χ0n) is 13.0. The average Bonchev–Trinajstić information content (AvgIpc) is 2.99. The van der Waals surface area contributed by atoms with Gasteiger partial charge >= 0.3 is 0 Å². The van der Waals surface area contributed by atoms with Crippen LogP contribution < -0.4 is 5.32 Å². The number of carbonyl (C=O) groups excluding carboxylic acids is 1. The Morgan fingerprint density at radius 1 is 1.30 bits per heavy atom. The Balaban J connectivity index is 1.69. The number of H-pyrrole nitrogens is 1. The lowest BCUT2D eigenvalue weighted by molar-refractivity contribution is 0.0846. The Bertz CT molecular complexity index is 696. The van der Waals surface area contributed by atoms with Crippen LogP contribution in [-0.2, 0) is 12.8 Å². The first kappa shape index (κ1) is 16.0. The van der Waals surface area contributed by atoms with E-state index in [9.17, 15) is 9.90 Å². The molecule has 1 aromatic heterocycles. The molecule has 3 N–H and O–H groups in total. The number of nitrogens with zero attached hydrogens (tertiary/aromatic N) is 1. The van der Waals surface area contributed by atoms with E-state index in [1.54, 1.807) is 31.2 Å². The van der Waals surface area contributed by atoms with Gasteiger partial charge in [-0.05, 0) is 50.3 Å². The number of hydrogen-bond donors (Lipinski definition) is 3. The third kappa shape index (κ3) is 3.41. The van der Waals surface area contributed by atoms with Gasteiger partial charge in [-0.3, -0.25) is 9.89 Å². The number of amides is 1. The summed E-state index contributed by atoms with van der Waals surface area (Å²) in [6, 6.07) is 6.52. The first-order valence-electron chi connectivity index (χ1n) is 7.87. The van der Waals surface area contributed by atoms with Crippen molar-refractivity contribution in [3.8, 4) is 0 Å². The molecular weight excluding hydrogens is 314 g/mol. The van der Waals surface area contributed by atoms with Crippen molar-refractivity contribution in [2.24, 2.45) is 0 Å². The van der Waals surface area contributed by atoms with E-state index in [2.05, 4.69) is 15.5 Å². The summed E-state index contributed by atoms with van der Waals surface area (Å²) in [6.45, 7) is 1.77. The van der Waals surface area contributed by atoms with Crippen LogP contribution in [0.1, 0.15) is 53.2 Å². The number of carbonyl (C=O) groups is 1. The van der Waals surface area contributed by atoms with Gasteiger partial charge in [-0.1, -0.05) is 23.7 Å². The van der Waals surface area contributed by atoms with Crippen molar-refractivity contribution >= 4 is 17.5 Å². The van der Waals surface area contributed by atoms with Gasteiger partial charge in [-0.2, -0.15) is 5.10 Å². The van der Waals surface area contributed by atoms with E-state index in [4.69, 9.17) is 11.6 Å². The summed E-state index contributed by atoms with van der Waals surface area (Å²) in [7, 11) is 0. The Morgan fingerprint density at radius 2 is 2.00 bits per heavy atom. The molecule has 1 aliphatic rings. The van der Waals surface area contributed by atoms with E-state index in [1.165, 1.54) is 0 Å². The number of halogens is 1. The van der Waals surface area contributed by atoms with Gasteiger partial charge in [0, 0.05) is 16.3 Å². The highest BCUT2D eigenvalue weighted by Crippen LogP contribution is 2.23. The van der Waals surface area contributed by atoms with Crippen LogP contribution in [0.5, 0.6) is 0 Å². The van der Waals surface area contributed by atoms with Crippen LogP contribution >= 0.6 is 11.6 Å². The van der Waals surface area contributed by atoms with Gasteiger partial charge in [-0.15, -0.1) is 0 Å². The molecule has 2 aromatic rings. The lowest BCUT2D eigenvalue weighted by atomic mass is 9.95. The maximum atomic E-state index is 12.5. The van der Waals surface area contributed by atoms with Gasteiger partial charge < -0.3 is 10.4 Å². The number of benzene rings is 1. The van der Waals surface area contributed by atoms with E-state index in [-0.39, 0.29) is 5.91 Å². The molecule has 2 atom stereocenters. The van der Waals surface area contributed by atoms with Crippen molar-refractivity contribution in [3.05, 3.63) is 51.8 Å². The number of aliphatic hydroxyl groups is 1. The molecule has 122 valence electrons. The number of aliphatic hydroxyl groups excluding tert-OH is 1. The van der Waals surface area contributed by atoms with Crippen molar-refractivity contribution in [2.45, 2.75) is 44.8 Å². The highest BCUT2D eigenvalue weighted by Gasteiger charge is 2.25. The molecule has 0 aliphatic heterocycles. The Kier molecular flexibility index (Phi) is 4.68. The lowest BCUT2D eigenvalue weighted by Crippen LogP contribution is -2.37. The predicted octanol–water partition coefficient (Wildman–Crippen LogP) is 2.79. The van der Waals surface area contributed by atoms with E-state index < -0.39 is 12.1 Å². The van der Waals surface area contributed by atoms with Crippen LogP contribution in [0.2, 0.25) is 5.02 Å². The summed E-state index contributed by atoms with van der Waals surface area (Å²) in [5.41, 5.74) is 3.25. The SMILES string of the molecule is CC(NC(=O)c1n[nH]c2c1CCCC2)C(O)c1ccc(Cl)cc1. The van der Waals surface area contributed by atoms with E-state index >= 15 is 0 Å². The molecule has 23 heavy (non-hydrogen) atoms. The molecule has 1 aromatic carbocycles. The molecule has 0 saturated heterocycles. The predicted molar refractivity (Wildman–Crippen MR) is 88.6 cm³/mol. The highest BCUT2D eigenvalue weighted by atomic mass is 35.5. The summed E-state index contributed by atoms with van der Waals surface area (Å²) in [5, 5.41) is 20.9. The number of aryl methyl sites for hydroxylation is 1. The second-order valence-corrected chi connectivity index (χ2v) is 6.43. The number of rotatable bonds is 4. The third-order valence-electron chi connectivity index (χ3n) is 4.32. The van der Waals surface area contributed by atoms with Crippen LogP contribution in [0.3, 0.4) is 0 Å². The summed E-state index contributed by atoms with van der Waals surface area (Å²) in [5.74, 6) is -0.245. The number of aromatic nitrogens is 2. The second-order valence-electron chi connectivity index (χ2n) is 5.99. The minimum Gasteiger partial charge on any atom is -0.386 e. The molecule has 1 heterocycles. The maximum absolute atomic E-state index is 12.5. The van der Waals surface area contributed by atoms with Crippen LogP contribution in [0.4, 0.5) is 0 Å². The molecule has 1 amide bonds. The first-order valence-corrected chi connectivity index (χ1v) is 8.24. The molecule has 0 saturated carbocycles. The number of nitrogens with one attached hydrogen (secondary N) is 2. The van der Waals surface area contributed by atoms with Crippen LogP contribution in [0.25, 0.3) is 0 Å². The quantitative estimate of drug-likeness (QED) is 0.805. The van der Waals surface area contributed by atoms with Gasteiger partial charge in [0.2, 0.25) is 0 Å². The van der Waals surface area contributed by atoms with Crippen molar-refractivity contribution in [3.63, 3.8) is 0 Å². The maximum Gasteiger partial charge on any atom is 0.272 e. The fraction of sp³-hybridized carbons (Fsp3) is 0.412. The fourth-order valence-corrected chi connectivity index (χ4v) is 3.10. The van der Waals surface area contributed by atoms with Gasteiger partial charge in [0.05, 0.1) is 12.1 Å². The van der Waals surface area contributed by atoms with Gasteiger partial charge in [0.25, 0.3) is 5.91 Å². The van der Waals surface area contributed by atoms with E-state index in [1.807, 2.05) is 0 Å². The van der Waals surface area contributed by atoms with Gasteiger partial charge in [0.1, 0.15) is 0 Å². The van der Waals surface area contributed by atoms with Crippen LogP contribution in [-0.4, -0.2) is 27.3 Å². The smallest absolute Gasteiger partial charge is 0.272 e. The minimum absolute atomic E-state index is 0.245. The molecule has 5 nitrogen and oxygen atoms in total. The third-order valence-corrected chi connectivity index (χ3v) is 4.57. The Hall–Kier alpha value is -1.85. The lowest BCUT2D eigenvalue weighted by Gasteiger charge is -2.21. The summed E-state index contributed by atoms with van der Waals surface area (Å²) in [4.78, 5) is 12.5. The Labute approximate surface area is 140 Å². The van der Waals surface area contributed by atoms with Crippen molar-refractivity contribution in [1.29, 1.82) is 0 Å². The zero-order valence-corrected chi connectivity index (χ0v) is 13.7. The number of fused-ring (bicyclic) bond motifs is 1. The fourth-order valence-electron chi connectivity index (χ4n) is 2.97. The largest absolute Gasteiger partial charge is 0.386 e. The molecule has 0 bridgehead atoms. The molecule has 3 rings (SSSR count). The number of hydrogen-bond acceptors (Lipinski definition) is 3. The van der Waals surface area contributed by atoms with E-state index in [0.717, 1.165) is 36.9 Å². The molecular formula is C17H20ClN3O2. The molecule has 1 aliphatic carbocycles. The summed E-state index contributed by atoms with van der Waals surface area (Å²) < 4.78 is 0. The highest BCUT2D eigenvalue weighted by molar-refractivity contribution is 6.30. The second kappa shape index (κ2) is 6.72. The van der Waals surface area contributed by atoms with Crippen molar-refractivity contribution in [2.75, 3.05) is 0 Å². The van der Waals surface area contributed by atoms with Crippen LogP contribution in [0.15, 0.2) is 24.3 Å². The van der Waals surface area contributed by atoms with E-state index in [0.29, 0.717) is 16.3 Å². The minimum atomic E-state index is -0.800. The first-order chi connectivity index (χ1) is 11.1. The standard InChI is InChI=1S/C17H20ClN3O2/c1-10(16(22)11-6-8-12(18)9-7-11)19-17(23)15-13-4-2-3-5-14(13)20-21-15/h6-10,16,22H,2-5H2,1H3,(H,19,23)(H,20,21). The molecule has 6 heteroatoms. The monoisotopic (exact) mass is 333 g/mol. The molecule has 0 fully saturated rings. The van der Waals surface area contributed by atoms with Crippen molar-refractivity contribution in [1.82, 2.24) is 15.5 Å². The van der Waals surface area contributed by atoms with Gasteiger partial charge in [-0.25, -0.2) is 0 Å². The van der Waals surface area contributed by atoms with Gasteiger partial charge in [0.15, 0.2) is 5.69 Å².